The summed E-state index contributed by atoms with van der Waals surface area (Å²) in [6.45, 7) is 6.99. The number of hydrogen-bond donors (Lipinski definition) is 1. The van der Waals surface area contributed by atoms with Crippen molar-refractivity contribution in [2.24, 2.45) is 11.3 Å². The summed E-state index contributed by atoms with van der Waals surface area (Å²) in [5, 5.41) is 10.0. The molecule has 1 atom stereocenters. The molecule has 4 heterocycles. The molecule has 2 aliphatic heterocycles. The van der Waals surface area contributed by atoms with Crippen LogP contribution >= 0.6 is 0 Å². The molecule has 2 aromatic heterocycles. The number of likely N-dealkylation sites (tertiary alicyclic amines) is 1. The summed E-state index contributed by atoms with van der Waals surface area (Å²) in [4.78, 5) is 36.9. The molecule has 0 radical (unpaired) electrons. The van der Waals surface area contributed by atoms with Crippen LogP contribution in [0.2, 0.25) is 0 Å². The van der Waals surface area contributed by atoms with Crippen molar-refractivity contribution in [1.29, 1.82) is 5.26 Å². The van der Waals surface area contributed by atoms with Crippen LogP contribution in [0.25, 0.3) is 11.0 Å². The molecule has 2 aromatic rings. The van der Waals surface area contributed by atoms with Crippen LogP contribution in [0.4, 0.5) is 0 Å². The Morgan fingerprint density at radius 1 is 1.42 bits per heavy atom. The normalized spacial score (nSPS) is 19.4. The summed E-state index contributed by atoms with van der Waals surface area (Å²) < 4.78 is 0. The Morgan fingerprint density at radius 2 is 2.15 bits per heavy atom. The topological polar surface area (TPSA) is 93.1 Å². The van der Waals surface area contributed by atoms with Crippen LogP contribution in [0.3, 0.4) is 0 Å². The Labute approximate surface area is 151 Å². The van der Waals surface area contributed by atoms with E-state index in [9.17, 15) is 14.9 Å². The largest absolute Gasteiger partial charge is 0.345 e. The molecule has 26 heavy (non-hydrogen) atoms. The van der Waals surface area contributed by atoms with Gasteiger partial charge in [0.1, 0.15) is 11.7 Å². The van der Waals surface area contributed by atoms with Gasteiger partial charge in [-0.25, -0.2) is 4.98 Å². The van der Waals surface area contributed by atoms with E-state index in [2.05, 4.69) is 16.0 Å². The van der Waals surface area contributed by atoms with Crippen molar-refractivity contribution in [2.75, 3.05) is 13.1 Å². The monoisotopic (exact) mass is 351 g/mol. The fourth-order valence-corrected chi connectivity index (χ4v) is 4.05. The van der Waals surface area contributed by atoms with Gasteiger partial charge in [0.2, 0.25) is 5.91 Å². The van der Waals surface area contributed by atoms with Crippen LogP contribution in [-0.2, 0) is 11.3 Å². The second-order valence-electron chi connectivity index (χ2n) is 7.88. The van der Waals surface area contributed by atoms with Crippen molar-refractivity contribution in [2.45, 2.75) is 33.4 Å². The van der Waals surface area contributed by atoms with Gasteiger partial charge in [0, 0.05) is 37.4 Å². The number of aromatic amines is 1. The minimum atomic E-state index is -0.544. The van der Waals surface area contributed by atoms with Crippen LogP contribution < -0.4 is 0 Å². The summed E-state index contributed by atoms with van der Waals surface area (Å²) in [5.41, 5.74) is 1.78. The minimum Gasteiger partial charge on any atom is -0.345 e. The molecule has 7 nitrogen and oxygen atoms in total. The Kier molecular flexibility index (Phi) is 3.55. The molecule has 0 saturated carbocycles. The van der Waals surface area contributed by atoms with Crippen LogP contribution in [0.1, 0.15) is 36.7 Å². The van der Waals surface area contributed by atoms with Gasteiger partial charge in [-0.15, -0.1) is 0 Å². The van der Waals surface area contributed by atoms with Crippen molar-refractivity contribution in [3.8, 4) is 6.07 Å². The second kappa shape index (κ2) is 5.56. The van der Waals surface area contributed by atoms with E-state index in [1.807, 2.05) is 26.8 Å². The van der Waals surface area contributed by atoms with Gasteiger partial charge in [-0.2, -0.15) is 5.26 Å². The number of hydrogen-bond acceptors (Lipinski definition) is 4. The third-order valence-corrected chi connectivity index (χ3v) is 5.37. The standard InChI is InChI=1S/C19H21N5O2/c1-11(2)15(18(26)23-9-19(3,8-20)10-23)24-7-12-4-5-21-16-14(12)13(6-22-16)17(24)25/h4-6,11,15H,7,9-10H2,1-3H3,(H,21,22). The lowest BCUT2D eigenvalue weighted by Crippen LogP contribution is -2.62. The zero-order valence-electron chi connectivity index (χ0n) is 15.1. The van der Waals surface area contributed by atoms with Gasteiger partial charge in [-0.3, -0.25) is 9.59 Å². The lowest BCUT2D eigenvalue weighted by molar-refractivity contribution is -0.146. The first-order chi connectivity index (χ1) is 12.3. The van der Waals surface area contributed by atoms with Crippen LogP contribution in [0.5, 0.6) is 0 Å². The first-order valence-corrected chi connectivity index (χ1v) is 8.80. The molecular weight excluding hydrogens is 330 g/mol. The van der Waals surface area contributed by atoms with Crippen molar-refractivity contribution in [3.63, 3.8) is 0 Å². The number of carbonyl (C=O) groups is 2. The zero-order chi connectivity index (χ0) is 18.6. The molecule has 0 spiro atoms. The van der Waals surface area contributed by atoms with E-state index in [-0.39, 0.29) is 17.7 Å². The van der Waals surface area contributed by atoms with Gasteiger partial charge in [-0.05, 0) is 24.5 Å². The summed E-state index contributed by atoms with van der Waals surface area (Å²) in [7, 11) is 0. The average molecular weight is 351 g/mol. The number of pyridine rings is 1. The molecule has 134 valence electrons. The van der Waals surface area contributed by atoms with Crippen molar-refractivity contribution in [3.05, 3.63) is 29.6 Å². The Morgan fingerprint density at radius 3 is 2.81 bits per heavy atom. The molecule has 1 fully saturated rings. The highest BCUT2D eigenvalue weighted by molar-refractivity contribution is 6.10. The molecule has 2 amide bonds. The molecule has 7 heteroatoms. The van der Waals surface area contributed by atoms with E-state index >= 15 is 0 Å². The lowest BCUT2D eigenvalue weighted by atomic mass is 9.82. The number of nitrogens with one attached hydrogen (secondary N) is 1. The van der Waals surface area contributed by atoms with E-state index in [0.29, 0.717) is 30.8 Å². The first-order valence-electron chi connectivity index (χ1n) is 8.80. The second-order valence-corrected chi connectivity index (χ2v) is 7.88. The average Bonchev–Trinajstić information content (AvgIpc) is 3.02. The quantitative estimate of drug-likeness (QED) is 0.914. The minimum absolute atomic E-state index is 0.0294. The van der Waals surface area contributed by atoms with E-state index < -0.39 is 11.5 Å². The Bertz CT molecular complexity index is 948. The molecule has 0 bridgehead atoms. The van der Waals surface area contributed by atoms with Gasteiger partial charge < -0.3 is 14.8 Å². The van der Waals surface area contributed by atoms with Crippen molar-refractivity contribution in [1.82, 2.24) is 19.8 Å². The molecule has 0 aromatic carbocycles. The predicted molar refractivity (Wildman–Crippen MR) is 94.9 cm³/mol. The maximum atomic E-state index is 13.1. The zero-order valence-corrected chi connectivity index (χ0v) is 15.1. The summed E-state index contributed by atoms with van der Waals surface area (Å²) in [6, 6.07) is 3.61. The molecular formula is C19H21N5O2. The van der Waals surface area contributed by atoms with Gasteiger partial charge in [0.15, 0.2) is 0 Å². The highest BCUT2D eigenvalue weighted by atomic mass is 16.2. The number of rotatable bonds is 3. The highest BCUT2D eigenvalue weighted by Crippen LogP contribution is 2.34. The van der Waals surface area contributed by atoms with E-state index in [1.54, 1.807) is 22.2 Å². The lowest BCUT2D eigenvalue weighted by Gasteiger charge is -2.47. The van der Waals surface area contributed by atoms with E-state index in [0.717, 1.165) is 10.9 Å². The summed E-state index contributed by atoms with van der Waals surface area (Å²) >= 11 is 0. The van der Waals surface area contributed by atoms with Gasteiger partial charge in [-0.1, -0.05) is 13.8 Å². The van der Waals surface area contributed by atoms with Gasteiger partial charge in [0.05, 0.1) is 17.0 Å². The Hall–Kier alpha value is -2.88. The van der Waals surface area contributed by atoms with Crippen molar-refractivity contribution >= 4 is 22.8 Å². The summed E-state index contributed by atoms with van der Waals surface area (Å²) in [5.74, 6) is -0.254. The third kappa shape index (κ3) is 2.29. The molecule has 4 rings (SSSR count). The number of carbonyl (C=O) groups excluding carboxylic acids is 2. The SMILES string of the molecule is CC(C)C(C(=O)N1CC(C)(C#N)C1)N1Cc2ccnc3[nH]cc(c23)C1=O. The van der Waals surface area contributed by atoms with E-state index in [1.165, 1.54) is 0 Å². The molecule has 1 unspecified atom stereocenters. The van der Waals surface area contributed by atoms with Crippen LogP contribution in [-0.4, -0.2) is 50.7 Å². The molecule has 0 aliphatic carbocycles. The summed E-state index contributed by atoms with van der Waals surface area (Å²) in [6.07, 6.45) is 3.39. The van der Waals surface area contributed by atoms with E-state index in [4.69, 9.17) is 0 Å². The first kappa shape index (κ1) is 16.6. The molecule has 1 N–H and O–H groups in total. The fraction of sp³-hybridized carbons (Fsp3) is 0.474. The molecule has 1 saturated heterocycles. The highest BCUT2D eigenvalue weighted by Gasteiger charge is 2.46. The number of H-pyrrole nitrogens is 1. The van der Waals surface area contributed by atoms with Crippen molar-refractivity contribution < 1.29 is 9.59 Å². The number of aromatic nitrogens is 2. The number of nitrogens with zero attached hydrogens (tertiary/aromatic N) is 4. The number of nitriles is 1. The predicted octanol–water partition coefficient (Wildman–Crippen LogP) is 1.92. The van der Waals surface area contributed by atoms with Gasteiger partial charge >= 0.3 is 0 Å². The van der Waals surface area contributed by atoms with Gasteiger partial charge in [0.25, 0.3) is 5.91 Å². The smallest absolute Gasteiger partial charge is 0.257 e. The Balaban J connectivity index is 1.65. The maximum absolute atomic E-state index is 13.1. The number of amides is 2. The molecule has 2 aliphatic rings. The third-order valence-electron chi connectivity index (χ3n) is 5.37. The maximum Gasteiger partial charge on any atom is 0.257 e. The van der Waals surface area contributed by atoms with Crippen LogP contribution in [0.15, 0.2) is 18.5 Å². The van der Waals surface area contributed by atoms with Crippen LogP contribution in [0, 0.1) is 22.7 Å². The fourth-order valence-electron chi connectivity index (χ4n) is 4.05.